The van der Waals surface area contributed by atoms with Crippen molar-refractivity contribution in [2.24, 2.45) is 0 Å². The second-order valence-corrected chi connectivity index (χ2v) is 7.40. The lowest BCUT2D eigenvalue weighted by atomic mass is 9.78. The van der Waals surface area contributed by atoms with Gasteiger partial charge in [-0.3, -0.25) is 4.79 Å². The van der Waals surface area contributed by atoms with Gasteiger partial charge < -0.3 is 10.1 Å². The van der Waals surface area contributed by atoms with Crippen molar-refractivity contribution in [2.45, 2.75) is 32.6 Å². The fourth-order valence-electron chi connectivity index (χ4n) is 3.16. The third-order valence-electron chi connectivity index (χ3n) is 5.09. The molecule has 0 saturated heterocycles. The molecule has 0 unspecified atom stereocenters. The molecule has 0 aromatic heterocycles. The van der Waals surface area contributed by atoms with Gasteiger partial charge in [0, 0.05) is 11.1 Å². The Bertz CT molecular complexity index is 898. The molecule has 3 heteroatoms. The largest absolute Gasteiger partial charge is 0.484 e. The Morgan fingerprint density at radius 1 is 0.857 bits per heavy atom. The number of hydrogen-bond donors (Lipinski definition) is 1. The van der Waals surface area contributed by atoms with Crippen LogP contribution in [0.15, 0.2) is 78.9 Å². The number of rotatable bonds is 7. The number of amides is 1. The van der Waals surface area contributed by atoms with Crippen molar-refractivity contribution in [1.29, 1.82) is 0 Å². The van der Waals surface area contributed by atoms with E-state index in [-0.39, 0.29) is 17.9 Å². The highest BCUT2D eigenvalue weighted by molar-refractivity contribution is 5.91. The van der Waals surface area contributed by atoms with Gasteiger partial charge in [-0.25, -0.2) is 0 Å². The van der Waals surface area contributed by atoms with Gasteiger partial charge in [0.25, 0.3) is 5.91 Å². The Hall–Kier alpha value is -3.07. The summed E-state index contributed by atoms with van der Waals surface area (Å²) >= 11 is 0. The number of nitrogens with one attached hydrogen (secondary N) is 1. The van der Waals surface area contributed by atoms with Gasteiger partial charge in [0.2, 0.25) is 0 Å². The quantitative estimate of drug-likeness (QED) is 0.586. The average Bonchev–Trinajstić information content (AvgIpc) is 2.74. The molecule has 0 radical (unpaired) electrons. The molecule has 1 N–H and O–H groups in total. The van der Waals surface area contributed by atoms with Crippen molar-refractivity contribution in [3.8, 4) is 5.75 Å². The molecule has 28 heavy (non-hydrogen) atoms. The maximum atomic E-state index is 12.1. The lowest BCUT2D eigenvalue weighted by Gasteiger charge is -2.26. The number of anilines is 1. The van der Waals surface area contributed by atoms with E-state index in [0.717, 1.165) is 12.1 Å². The summed E-state index contributed by atoms with van der Waals surface area (Å²) in [6, 6.07) is 26.2. The summed E-state index contributed by atoms with van der Waals surface area (Å²) < 4.78 is 5.65. The predicted molar refractivity (Wildman–Crippen MR) is 115 cm³/mol. The van der Waals surface area contributed by atoms with E-state index in [0.29, 0.717) is 5.75 Å². The summed E-state index contributed by atoms with van der Waals surface area (Å²) in [7, 11) is 0. The molecule has 144 valence electrons. The van der Waals surface area contributed by atoms with Crippen LogP contribution in [0, 0.1) is 0 Å². The van der Waals surface area contributed by atoms with E-state index < -0.39 is 0 Å². The molecule has 0 spiro atoms. The van der Waals surface area contributed by atoms with E-state index in [9.17, 15) is 4.79 Å². The molecule has 0 heterocycles. The molecular weight excluding hydrogens is 346 g/mol. The lowest BCUT2D eigenvalue weighted by Crippen LogP contribution is -2.20. The highest BCUT2D eigenvalue weighted by atomic mass is 16.5. The number of aryl methyl sites for hydroxylation is 1. The van der Waals surface area contributed by atoms with Crippen LogP contribution < -0.4 is 10.1 Å². The Kier molecular flexibility index (Phi) is 6.15. The predicted octanol–water partition coefficient (Wildman–Crippen LogP) is 5.59. The molecule has 3 rings (SSSR count). The average molecular weight is 373 g/mol. The SMILES string of the molecule is CCc1ccc(NC(=O)COc2ccc(C(C)(C)c3ccccc3)cc2)cc1. The highest BCUT2D eigenvalue weighted by Gasteiger charge is 2.22. The first-order chi connectivity index (χ1) is 13.5. The molecule has 1 amide bonds. The molecule has 0 atom stereocenters. The second-order valence-electron chi connectivity index (χ2n) is 7.40. The van der Waals surface area contributed by atoms with E-state index in [1.807, 2.05) is 42.5 Å². The van der Waals surface area contributed by atoms with Crippen molar-refractivity contribution < 1.29 is 9.53 Å². The van der Waals surface area contributed by atoms with Crippen molar-refractivity contribution in [1.82, 2.24) is 0 Å². The molecule has 3 aromatic carbocycles. The van der Waals surface area contributed by atoms with Crippen LogP contribution in [-0.2, 0) is 16.6 Å². The molecule has 0 fully saturated rings. The zero-order chi connectivity index (χ0) is 20.0. The monoisotopic (exact) mass is 373 g/mol. The van der Waals surface area contributed by atoms with Crippen molar-refractivity contribution in [3.63, 3.8) is 0 Å². The third-order valence-corrected chi connectivity index (χ3v) is 5.09. The van der Waals surface area contributed by atoms with Crippen LogP contribution in [-0.4, -0.2) is 12.5 Å². The van der Waals surface area contributed by atoms with Gasteiger partial charge in [-0.1, -0.05) is 75.4 Å². The Morgan fingerprint density at radius 2 is 1.46 bits per heavy atom. The van der Waals surface area contributed by atoms with Crippen LogP contribution in [0.1, 0.15) is 37.5 Å². The number of carbonyl (C=O) groups excluding carboxylic acids is 1. The van der Waals surface area contributed by atoms with E-state index >= 15 is 0 Å². The Labute approximate surface area is 167 Å². The summed E-state index contributed by atoms with van der Waals surface area (Å²) in [6.07, 6.45) is 0.981. The molecule has 0 bridgehead atoms. The molecule has 0 saturated carbocycles. The van der Waals surface area contributed by atoms with Gasteiger partial charge in [-0.2, -0.15) is 0 Å². The number of carbonyl (C=O) groups is 1. The molecule has 0 aliphatic heterocycles. The molecule has 0 aliphatic carbocycles. The summed E-state index contributed by atoms with van der Waals surface area (Å²) in [4.78, 5) is 12.1. The topological polar surface area (TPSA) is 38.3 Å². The minimum atomic E-state index is -0.169. The number of ether oxygens (including phenoxy) is 1. The highest BCUT2D eigenvalue weighted by Crippen LogP contribution is 2.32. The maximum absolute atomic E-state index is 12.1. The van der Waals surface area contributed by atoms with Crippen LogP contribution >= 0.6 is 0 Å². The maximum Gasteiger partial charge on any atom is 0.262 e. The van der Waals surface area contributed by atoms with Crippen LogP contribution in [0.3, 0.4) is 0 Å². The first-order valence-corrected chi connectivity index (χ1v) is 9.66. The zero-order valence-corrected chi connectivity index (χ0v) is 16.7. The van der Waals surface area contributed by atoms with Crippen molar-refractivity contribution in [2.75, 3.05) is 11.9 Å². The Morgan fingerprint density at radius 3 is 2.07 bits per heavy atom. The van der Waals surface area contributed by atoms with Gasteiger partial charge in [0.05, 0.1) is 0 Å². The Balaban J connectivity index is 1.57. The summed E-state index contributed by atoms with van der Waals surface area (Å²) in [5.74, 6) is 0.516. The van der Waals surface area contributed by atoms with E-state index in [2.05, 4.69) is 62.5 Å². The van der Waals surface area contributed by atoms with Gasteiger partial charge >= 0.3 is 0 Å². The molecule has 3 nitrogen and oxygen atoms in total. The normalized spacial score (nSPS) is 11.1. The van der Waals surface area contributed by atoms with E-state index in [1.165, 1.54) is 16.7 Å². The molecule has 3 aromatic rings. The van der Waals surface area contributed by atoms with Gasteiger partial charge in [0.15, 0.2) is 6.61 Å². The fourth-order valence-corrected chi connectivity index (χ4v) is 3.16. The van der Waals surface area contributed by atoms with E-state index in [4.69, 9.17) is 4.74 Å². The minimum Gasteiger partial charge on any atom is -0.484 e. The first-order valence-electron chi connectivity index (χ1n) is 9.66. The first kappa shape index (κ1) is 19.7. The fraction of sp³-hybridized carbons (Fsp3) is 0.240. The summed E-state index contributed by atoms with van der Waals surface area (Å²) in [5, 5.41) is 2.86. The van der Waals surface area contributed by atoms with Crippen LogP contribution in [0.25, 0.3) is 0 Å². The van der Waals surface area contributed by atoms with Gasteiger partial charge in [0.1, 0.15) is 5.75 Å². The standard InChI is InChI=1S/C25H27NO2/c1-4-19-10-14-22(15-11-19)26-24(27)18-28-23-16-12-21(13-17-23)25(2,3)20-8-6-5-7-9-20/h5-17H,4,18H2,1-3H3,(H,26,27). The summed E-state index contributed by atoms with van der Waals surface area (Å²) in [5.41, 5.74) is 4.39. The number of benzene rings is 3. The lowest BCUT2D eigenvalue weighted by molar-refractivity contribution is -0.118. The zero-order valence-electron chi connectivity index (χ0n) is 16.7. The van der Waals surface area contributed by atoms with Crippen LogP contribution in [0.5, 0.6) is 5.75 Å². The van der Waals surface area contributed by atoms with Gasteiger partial charge in [-0.05, 0) is 47.4 Å². The number of hydrogen-bond acceptors (Lipinski definition) is 2. The smallest absolute Gasteiger partial charge is 0.262 e. The third kappa shape index (κ3) is 4.80. The van der Waals surface area contributed by atoms with Crippen molar-refractivity contribution >= 4 is 11.6 Å². The second kappa shape index (κ2) is 8.75. The summed E-state index contributed by atoms with van der Waals surface area (Å²) in [6.45, 7) is 6.50. The van der Waals surface area contributed by atoms with Gasteiger partial charge in [-0.15, -0.1) is 0 Å². The van der Waals surface area contributed by atoms with Crippen molar-refractivity contribution in [3.05, 3.63) is 95.6 Å². The van der Waals surface area contributed by atoms with Crippen LogP contribution in [0.2, 0.25) is 0 Å². The molecular formula is C25H27NO2. The van der Waals surface area contributed by atoms with E-state index in [1.54, 1.807) is 0 Å². The minimum absolute atomic E-state index is 0.0169. The van der Waals surface area contributed by atoms with Crippen LogP contribution in [0.4, 0.5) is 5.69 Å². The molecule has 0 aliphatic rings.